The van der Waals surface area contributed by atoms with Crippen LogP contribution in [-0.4, -0.2) is 19.7 Å². The van der Waals surface area contributed by atoms with Crippen LogP contribution in [0, 0.1) is 0 Å². The van der Waals surface area contributed by atoms with E-state index in [-0.39, 0.29) is 12.1 Å². The van der Waals surface area contributed by atoms with Crippen molar-refractivity contribution < 1.29 is 13.9 Å². The monoisotopic (exact) mass is 330 g/mol. The van der Waals surface area contributed by atoms with E-state index >= 15 is 0 Å². The van der Waals surface area contributed by atoms with Crippen molar-refractivity contribution in [1.29, 1.82) is 0 Å². The van der Waals surface area contributed by atoms with Crippen LogP contribution >= 0.6 is 11.3 Å². The fraction of sp³-hybridized carbons (Fsp3) is 0.235. The molecule has 0 radical (unpaired) electrons. The Hall–Kier alpha value is -2.31. The molecule has 0 spiro atoms. The predicted octanol–water partition coefficient (Wildman–Crippen LogP) is 3.68. The van der Waals surface area contributed by atoms with E-state index in [1.165, 1.54) is 0 Å². The summed E-state index contributed by atoms with van der Waals surface area (Å²) in [6.07, 6.45) is -0.324. The Labute approximate surface area is 138 Å². The summed E-state index contributed by atoms with van der Waals surface area (Å²) in [6.45, 7) is 0.860. The second-order valence-electron chi connectivity index (χ2n) is 5.05. The van der Waals surface area contributed by atoms with Crippen LogP contribution in [0.25, 0.3) is 11.0 Å². The summed E-state index contributed by atoms with van der Waals surface area (Å²) in [5.41, 5.74) is 0.812. The molecule has 0 saturated heterocycles. The maximum absolute atomic E-state index is 11.9. The van der Waals surface area contributed by atoms with E-state index in [2.05, 4.69) is 10.6 Å². The average Bonchev–Trinajstić information content (AvgIpc) is 3.22. The van der Waals surface area contributed by atoms with Gasteiger partial charge in [0.05, 0.1) is 13.1 Å². The first-order valence-corrected chi connectivity index (χ1v) is 8.19. The second kappa shape index (κ2) is 7.30. The molecule has 2 N–H and O–H groups in total. The number of urea groups is 1. The minimum atomic E-state index is -0.324. The van der Waals surface area contributed by atoms with Gasteiger partial charge in [-0.25, -0.2) is 4.79 Å². The van der Waals surface area contributed by atoms with Crippen molar-refractivity contribution in [3.8, 4) is 0 Å². The summed E-state index contributed by atoms with van der Waals surface area (Å²) in [5, 5.41) is 8.63. The molecule has 0 fully saturated rings. The average molecular weight is 330 g/mol. The van der Waals surface area contributed by atoms with Crippen LogP contribution in [0.1, 0.15) is 16.7 Å². The Morgan fingerprint density at radius 1 is 1.26 bits per heavy atom. The summed E-state index contributed by atoms with van der Waals surface area (Å²) in [7, 11) is 1.60. The number of hydrogen-bond donors (Lipinski definition) is 2. The van der Waals surface area contributed by atoms with Gasteiger partial charge >= 0.3 is 6.03 Å². The molecule has 120 valence electrons. The highest BCUT2D eigenvalue weighted by Crippen LogP contribution is 2.25. The molecule has 0 unspecified atom stereocenters. The third-order valence-corrected chi connectivity index (χ3v) is 4.37. The topological polar surface area (TPSA) is 63.5 Å². The molecule has 3 aromatic rings. The quantitative estimate of drug-likeness (QED) is 0.724. The summed E-state index contributed by atoms with van der Waals surface area (Å²) in [6, 6.07) is 13.4. The molecule has 0 aliphatic heterocycles. The number of fused-ring (bicyclic) bond motifs is 1. The first-order chi connectivity index (χ1) is 11.3. The molecule has 23 heavy (non-hydrogen) atoms. The lowest BCUT2D eigenvalue weighted by Crippen LogP contribution is -2.37. The maximum atomic E-state index is 11.9. The van der Waals surface area contributed by atoms with Crippen LogP contribution in [-0.2, 0) is 11.3 Å². The zero-order valence-corrected chi connectivity index (χ0v) is 13.6. The highest BCUT2D eigenvalue weighted by atomic mass is 32.1. The number of benzene rings is 1. The molecule has 1 atom stereocenters. The van der Waals surface area contributed by atoms with Gasteiger partial charge in [0.25, 0.3) is 0 Å². The van der Waals surface area contributed by atoms with E-state index in [0.717, 1.165) is 15.8 Å². The van der Waals surface area contributed by atoms with Gasteiger partial charge in [-0.3, -0.25) is 0 Å². The molecule has 0 aliphatic rings. The molecule has 0 bridgehead atoms. The number of carbonyl (C=O) groups excluding carboxylic acids is 1. The summed E-state index contributed by atoms with van der Waals surface area (Å²) in [5.74, 6) is 0.701. The highest BCUT2D eigenvalue weighted by Gasteiger charge is 2.16. The summed E-state index contributed by atoms with van der Waals surface area (Å²) < 4.78 is 11.2. The summed E-state index contributed by atoms with van der Waals surface area (Å²) in [4.78, 5) is 13.0. The zero-order chi connectivity index (χ0) is 16.1. The van der Waals surface area contributed by atoms with Crippen molar-refractivity contribution in [2.75, 3.05) is 13.7 Å². The number of nitrogens with one attached hydrogen (secondary N) is 2. The molecule has 2 amide bonds. The Morgan fingerprint density at radius 3 is 2.87 bits per heavy atom. The van der Waals surface area contributed by atoms with Gasteiger partial charge in [0.1, 0.15) is 17.4 Å². The molecular formula is C17H18N2O3S. The lowest BCUT2D eigenvalue weighted by atomic mass is 10.2. The Kier molecular flexibility index (Phi) is 4.95. The van der Waals surface area contributed by atoms with Crippen molar-refractivity contribution in [3.05, 3.63) is 58.5 Å². The number of carbonyl (C=O) groups is 1. The minimum Gasteiger partial charge on any atom is -0.458 e. The maximum Gasteiger partial charge on any atom is 0.315 e. The van der Waals surface area contributed by atoms with Gasteiger partial charge < -0.3 is 19.8 Å². The normalized spacial score (nSPS) is 12.2. The number of para-hydroxylation sites is 1. The molecule has 0 aliphatic carbocycles. The van der Waals surface area contributed by atoms with E-state index in [0.29, 0.717) is 18.8 Å². The van der Waals surface area contributed by atoms with Crippen LogP contribution in [0.15, 0.2) is 52.3 Å². The van der Waals surface area contributed by atoms with E-state index in [9.17, 15) is 4.79 Å². The number of amides is 2. The Balaban J connectivity index is 1.55. The molecule has 5 nitrogen and oxygen atoms in total. The van der Waals surface area contributed by atoms with Crippen molar-refractivity contribution in [1.82, 2.24) is 10.6 Å². The minimum absolute atomic E-state index is 0.225. The van der Waals surface area contributed by atoms with Crippen LogP contribution < -0.4 is 10.6 Å². The Bertz CT molecular complexity index is 734. The molecule has 2 aromatic heterocycles. The van der Waals surface area contributed by atoms with Crippen LogP contribution in [0.3, 0.4) is 0 Å². The largest absolute Gasteiger partial charge is 0.458 e. The molecular weight excluding hydrogens is 312 g/mol. The predicted molar refractivity (Wildman–Crippen MR) is 90.5 cm³/mol. The van der Waals surface area contributed by atoms with Gasteiger partial charge in [-0.2, -0.15) is 0 Å². The van der Waals surface area contributed by atoms with E-state index in [1.54, 1.807) is 18.4 Å². The molecule has 2 heterocycles. The van der Waals surface area contributed by atoms with Gasteiger partial charge in [0.2, 0.25) is 0 Å². The fourth-order valence-electron chi connectivity index (χ4n) is 2.29. The third kappa shape index (κ3) is 3.91. The number of ether oxygens (including phenoxy) is 1. The fourth-order valence-corrected chi connectivity index (χ4v) is 2.93. The number of furan rings is 1. The van der Waals surface area contributed by atoms with Crippen molar-refractivity contribution >= 4 is 28.3 Å². The lowest BCUT2D eigenvalue weighted by Gasteiger charge is -2.14. The molecule has 1 aromatic carbocycles. The van der Waals surface area contributed by atoms with Crippen molar-refractivity contribution in [3.63, 3.8) is 0 Å². The third-order valence-electron chi connectivity index (χ3n) is 3.50. The van der Waals surface area contributed by atoms with Crippen LogP contribution in [0.4, 0.5) is 4.79 Å². The van der Waals surface area contributed by atoms with Gasteiger partial charge in [-0.15, -0.1) is 11.3 Å². The lowest BCUT2D eigenvalue weighted by molar-refractivity contribution is 0.0865. The number of hydrogen-bond acceptors (Lipinski definition) is 4. The van der Waals surface area contributed by atoms with Crippen molar-refractivity contribution in [2.45, 2.75) is 12.6 Å². The van der Waals surface area contributed by atoms with Gasteiger partial charge in [0.15, 0.2) is 0 Å². The second-order valence-corrected chi connectivity index (χ2v) is 6.09. The van der Waals surface area contributed by atoms with Crippen molar-refractivity contribution in [2.24, 2.45) is 0 Å². The van der Waals surface area contributed by atoms with Gasteiger partial charge in [-0.1, -0.05) is 24.3 Å². The van der Waals surface area contributed by atoms with Gasteiger partial charge in [0, 0.05) is 17.4 Å². The number of thiophene rings is 1. The van der Waals surface area contributed by atoms with Crippen LogP contribution in [0.5, 0.6) is 0 Å². The zero-order valence-electron chi connectivity index (χ0n) is 12.7. The number of methoxy groups -OCH3 is 1. The van der Waals surface area contributed by atoms with E-state index in [1.807, 2.05) is 47.8 Å². The standard InChI is InChI=1S/C17H18N2O3S/c1-21-16(15-9-12-5-2-3-7-14(12)22-15)11-19-17(20)18-10-13-6-4-8-23-13/h2-9,16H,10-11H2,1H3,(H2,18,19,20)/t16-/m1/s1. The van der Waals surface area contributed by atoms with Crippen LogP contribution in [0.2, 0.25) is 0 Å². The van der Waals surface area contributed by atoms with E-state index < -0.39 is 0 Å². The number of rotatable bonds is 6. The molecule has 6 heteroatoms. The van der Waals surface area contributed by atoms with E-state index in [4.69, 9.17) is 9.15 Å². The smallest absolute Gasteiger partial charge is 0.315 e. The molecule has 3 rings (SSSR count). The first kappa shape index (κ1) is 15.6. The SMILES string of the molecule is CO[C@H](CNC(=O)NCc1cccs1)c1cc2ccccc2o1. The Morgan fingerprint density at radius 2 is 2.13 bits per heavy atom. The molecule has 0 saturated carbocycles. The highest BCUT2D eigenvalue weighted by molar-refractivity contribution is 7.09. The first-order valence-electron chi connectivity index (χ1n) is 7.31. The van der Waals surface area contributed by atoms with Gasteiger partial charge in [-0.05, 0) is 23.6 Å². The summed E-state index contributed by atoms with van der Waals surface area (Å²) >= 11 is 1.61.